The zero-order valence-corrected chi connectivity index (χ0v) is 20.5. The van der Waals surface area contributed by atoms with Gasteiger partial charge in [0, 0.05) is 29.3 Å². The van der Waals surface area contributed by atoms with Crippen LogP contribution in [0.15, 0.2) is 60.0 Å². The molecule has 2 heterocycles. The van der Waals surface area contributed by atoms with Crippen molar-refractivity contribution in [2.45, 2.75) is 50.0 Å². The lowest BCUT2D eigenvalue weighted by molar-refractivity contribution is -0.268. The summed E-state index contributed by atoms with van der Waals surface area (Å²) < 4.78 is 12.8. The molecule has 10 nitrogen and oxygen atoms in total. The SMILES string of the molecule is CC1C(CSc2ncn[nH]2)OC(c2ccc(NC(=O)CCC(=O)O)cc2)OC1c1ccc(CO)cc1. The summed E-state index contributed by atoms with van der Waals surface area (Å²) in [5, 5.41) is 28.3. The van der Waals surface area contributed by atoms with Crippen LogP contribution in [0.25, 0.3) is 0 Å². The van der Waals surface area contributed by atoms with Crippen molar-refractivity contribution >= 4 is 29.3 Å². The van der Waals surface area contributed by atoms with Gasteiger partial charge in [-0.2, -0.15) is 5.10 Å². The quantitative estimate of drug-likeness (QED) is 0.299. The van der Waals surface area contributed by atoms with Gasteiger partial charge in [0.1, 0.15) is 6.33 Å². The van der Waals surface area contributed by atoms with Gasteiger partial charge in [0.05, 0.1) is 25.2 Å². The van der Waals surface area contributed by atoms with Crippen molar-refractivity contribution in [2.24, 2.45) is 5.92 Å². The van der Waals surface area contributed by atoms with Crippen LogP contribution in [0.5, 0.6) is 0 Å². The molecule has 1 aliphatic rings. The second-order valence-electron chi connectivity index (χ2n) is 8.49. The van der Waals surface area contributed by atoms with Crippen molar-refractivity contribution in [1.29, 1.82) is 0 Å². The molecule has 0 spiro atoms. The Hall–Kier alpha value is -3.25. The summed E-state index contributed by atoms with van der Waals surface area (Å²) >= 11 is 1.52. The van der Waals surface area contributed by atoms with E-state index in [0.717, 1.165) is 16.7 Å². The summed E-state index contributed by atoms with van der Waals surface area (Å²) in [4.78, 5) is 26.8. The summed E-state index contributed by atoms with van der Waals surface area (Å²) in [5.41, 5.74) is 3.17. The molecule has 4 rings (SSSR count). The monoisotopic (exact) mass is 512 g/mol. The van der Waals surface area contributed by atoms with Gasteiger partial charge in [-0.1, -0.05) is 55.1 Å². The Bertz CT molecular complexity index is 1140. The van der Waals surface area contributed by atoms with E-state index in [1.807, 2.05) is 36.4 Å². The van der Waals surface area contributed by atoms with Crippen molar-refractivity contribution < 1.29 is 29.3 Å². The fraction of sp³-hybridized carbons (Fsp3) is 0.360. The Morgan fingerprint density at radius 3 is 2.42 bits per heavy atom. The van der Waals surface area contributed by atoms with E-state index < -0.39 is 12.3 Å². The molecule has 1 aliphatic heterocycles. The number of anilines is 1. The van der Waals surface area contributed by atoms with Gasteiger partial charge >= 0.3 is 5.97 Å². The third-order valence-electron chi connectivity index (χ3n) is 5.93. The number of nitrogens with one attached hydrogen (secondary N) is 2. The number of carbonyl (C=O) groups is 2. The number of ether oxygens (including phenoxy) is 2. The summed E-state index contributed by atoms with van der Waals surface area (Å²) in [6, 6.07) is 14.8. The lowest BCUT2D eigenvalue weighted by atomic mass is 9.91. The summed E-state index contributed by atoms with van der Waals surface area (Å²) in [5.74, 6) is -0.707. The second kappa shape index (κ2) is 12.1. The molecule has 1 amide bonds. The van der Waals surface area contributed by atoms with Gasteiger partial charge in [-0.15, -0.1) is 0 Å². The summed E-state index contributed by atoms with van der Waals surface area (Å²) in [6.07, 6.45) is 0.114. The third-order valence-corrected chi connectivity index (χ3v) is 6.90. The van der Waals surface area contributed by atoms with Crippen LogP contribution in [-0.2, 0) is 25.7 Å². The molecular formula is C25H28N4O6S. The van der Waals surface area contributed by atoms with E-state index in [9.17, 15) is 14.7 Å². The second-order valence-corrected chi connectivity index (χ2v) is 9.50. The predicted molar refractivity (Wildman–Crippen MR) is 132 cm³/mol. The van der Waals surface area contributed by atoms with Crippen LogP contribution in [0.1, 0.15) is 48.8 Å². The number of H-pyrrole nitrogens is 1. The van der Waals surface area contributed by atoms with Crippen LogP contribution >= 0.6 is 11.8 Å². The highest BCUT2D eigenvalue weighted by Gasteiger charge is 2.38. The highest BCUT2D eigenvalue weighted by Crippen LogP contribution is 2.42. The van der Waals surface area contributed by atoms with Crippen molar-refractivity contribution in [3.8, 4) is 0 Å². The number of aliphatic hydroxyl groups excluding tert-OH is 1. The third kappa shape index (κ3) is 6.70. The average Bonchev–Trinajstić information content (AvgIpc) is 3.41. The van der Waals surface area contributed by atoms with E-state index in [1.165, 1.54) is 18.1 Å². The molecule has 1 saturated heterocycles. The molecule has 1 aromatic heterocycles. The number of aliphatic hydroxyl groups is 1. The first kappa shape index (κ1) is 25.8. The van der Waals surface area contributed by atoms with Gasteiger partial charge in [-0.3, -0.25) is 14.7 Å². The van der Waals surface area contributed by atoms with Gasteiger partial charge in [0.25, 0.3) is 0 Å². The lowest BCUT2D eigenvalue weighted by Gasteiger charge is -2.41. The lowest BCUT2D eigenvalue weighted by Crippen LogP contribution is -2.38. The number of amides is 1. The van der Waals surface area contributed by atoms with E-state index in [-0.39, 0.29) is 43.5 Å². The standard InChI is InChI=1S/C25H28N4O6S/c1-15-20(13-36-25-26-14-27-29-25)34-24(35-23(15)17-4-2-16(12-30)3-5-17)18-6-8-19(9-7-18)28-21(31)10-11-22(32)33/h2-9,14-15,20,23-24,30H,10-13H2,1H3,(H,28,31)(H,32,33)(H,26,27,29). The van der Waals surface area contributed by atoms with Crippen molar-refractivity contribution in [2.75, 3.05) is 11.1 Å². The molecule has 1 fully saturated rings. The molecule has 11 heteroatoms. The van der Waals surface area contributed by atoms with E-state index in [0.29, 0.717) is 16.6 Å². The molecule has 4 atom stereocenters. The van der Waals surface area contributed by atoms with Gasteiger partial charge in [0.2, 0.25) is 5.91 Å². The van der Waals surface area contributed by atoms with Crippen LogP contribution in [0.3, 0.4) is 0 Å². The Morgan fingerprint density at radius 2 is 1.78 bits per heavy atom. The van der Waals surface area contributed by atoms with Crippen LogP contribution in [0.2, 0.25) is 0 Å². The molecule has 3 aromatic rings. The Kier molecular flexibility index (Phi) is 8.70. The number of benzene rings is 2. The normalized spacial score (nSPS) is 21.7. The van der Waals surface area contributed by atoms with Crippen LogP contribution in [0.4, 0.5) is 5.69 Å². The molecule has 36 heavy (non-hydrogen) atoms. The molecule has 4 unspecified atom stereocenters. The number of hydrogen-bond donors (Lipinski definition) is 4. The maximum atomic E-state index is 11.9. The minimum Gasteiger partial charge on any atom is -0.481 e. The fourth-order valence-electron chi connectivity index (χ4n) is 3.90. The largest absolute Gasteiger partial charge is 0.481 e. The molecule has 2 aromatic carbocycles. The van der Waals surface area contributed by atoms with Crippen molar-refractivity contribution in [3.05, 3.63) is 71.5 Å². The summed E-state index contributed by atoms with van der Waals surface area (Å²) in [7, 11) is 0. The maximum Gasteiger partial charge on any atom is 0.303 e. The number of nitrogens with zero attached hydrogens (tertiary/aromatic N) is 2. The smallest absolute Gasteiger partial charge is 0.303 e. The van der Waals surface area contributed by atoms with Crippen molar-refractivity contribution in [3.63, 3.8) is 0 Å². The van der Waals surface area contributed by atoms with Crippen molar-refractivity contribution in [1.82, 2.24) is 15.2 Å². The summed E-state index contributed by atoms with van der Waals surface area (Å²) in [6.45, 7) is 2.06. The number of thioether (sulfide) groups is 1. The molecule has 0 aliphatic carbocycles. The number of carboxylic acids is 1. The number of rotatable bonds is 10. The van der Waals surface area contributed by atoms with Crippen LogP contribution in [0, 0.1) is 5.92 Å². The molecule has 0 saturated carbocycles. The van der Waals surface area contributed by atoms with Gasteiger partial charge < -0.3 is 25.0 Å². The van der Waals surface area contributed by atoms with E-state index in [4.69, 9.17) is 14.6 Å². The highest BCUT2D eigenvalue weighted by atomic mass is 32.2. The minimum atomic E-state index is -1.02. The van der Waals surface area contributed by atoms with Gasteiger partial charge in [-0.25, -0.2) is 4.98 Å². The topological polar surface area (TPSA) is 147 Å². The van der Waals surface area contributed by atoms with Crippen LogP contribution < -0.4 is 5.32 Å². The Balaban J connectivity index is 1.50. The predicted octanol–water partition coefficient (Wildman–Crippen LogP) is 3.68. The zero-order valence-electron chi connectivity index (χ0n) is 19.7. The average molecular weight is 513 g/mol. The fourth-order valence-corrected chi connectivity index (χ4v) is 4.85. The zero-order chi connectivity index (χ0) is 25.5. The number of carboxylic acid groups (broad SMARTS) is 1. The Morgan fingerprint density at radius 1 is 1.06 bits per heavy atom. The number of aromatic amines is 1. The highest BCUT2D eigenvalue weighted by molar-refractivity contribution is 7.99. The van der Waals surface area contributed by atoms with Crippen LogP contribution in [-0.4, -0.2) is 49.1 Å². The molecular weight excluding hydrogens is 484 g/mol. The van der Waals surface area contributed by atoms with Gasteiger partial charge in [-0.05, 0) is 23.3 Å². The van der Waals surface area contributed by atoms with E-state index in [1.54, 1.807) is 12.1 Å². The van der Waals surface area contributed by atoms with Gasteiger partial charge in [0.15, 0.2) is 11.4 Å². The number of hydrogen-bond acceptors (Lipinski definition) is 8. The minimum absolute atomic E-state index is 0.0251. The molecule has 0 radical (unpaired) electrons. The Labute approximate surface area is 212 Å². The number of aliphatic carboxylic acids is 1. The number of carbonyl (C=O) groups excluding carboxylic acids is 1. The maximum absolute atomic E-state index is 11.9. The molecule has 190 valence electrons. The van der Waals surface area contributed by atoms with E-state index >= 15 is 0 Å². The first-order valence-corrected chi connectivity index (χ1v) is 12.5. The molecule has 4 N–H and O–H groups in total. The molecule has 0 bridgehead atoms. The van der Waals surface area contributed by atoms with E-state index in [2.05, 4.69) is 27.4 Å². The number of aromatic nitrogens is 3. The first-order valence-electron chi connectivity index (χ1n) is 11.5. The first-order chi connectivity index (χ1) is 17.4.